The number of benzene rings is 2. The Bertz CT molecular complexity index is 747. The summed E-state index contributed by atoms with van der Waals surface area (Å²) in [7, 11) is 1.45. The van der Waals surface area contributed by atoms with Crippen LogP contribution in [0, 0.1) is 0 Å². The third kappa shape index (κ3) is 4.20. The van der Waals surface area contributed by atoms with Gasteiger partial charge in [-0.2, -0.15) is 0 Å². The molecular weight excluding hydrogens is 296 g/mol. The second kappa shape index (κ2) is 7.26. The van der Waals surface area contributed by atoms with Crippen molar-refractivity contribution in [3.05, 3.63) is 65.7 Å². The molecule has 5 heteroatoms. The number of ether oxygens (including phenoxy) is 2. The van der Waals surface area contributed by atoms with Crippen LogP contribution in [-0.4, -0.2) is 24.2 Å². The minimum Gasteiger partial charge on any atom is -0.493 e. The van der Waals surface area contributed by atoms with E-state index in [-0.39, 0.29) is 5.75 Å². The first-order chi connectivity index (χ1) is 11.0. The monoisotopic (exact) mass is 312 g/mol. The highest BCUT2D eigenvalue weighted by Crippen LogP contribution is 2.33. The summed E-state index contributed by atoms with van der Waals surface area (Å²) >= 11 is 0. The number of hydrogen-bond acceptors (Lipinski definition) is 4. The molecule has 5 nitrogen and oxygen atoms in total. The van der Waals surface area contributed by atoms with Crippen LogP contribution in [-0.2, 0) is 9.59 Å². The molecule has 2 rings (SSSR count). The zero-order chi connectivity index (χ0) is 16.8. The van der Waals surface area contributed by atoms with Crippen molar-refractivity contribution in [2.75, 3.05) is 7.11 Å². The smallest absolute Gasteiger partial charge is 0.328 e. The number of hydrogen-bond donors (Lipinski definition) is 1. The first kappa shape index (κ1) is 16.3. The van der Waals surface area contributed by atoms with E-state index in [4.69, 9.17) is 14.6 Å². The fraction of sp³-hybridized carbons (Fsp3) is 0.111. The standard InChI is InChI=1S/C18H16O5/c1-12(19)23-16-9-8-14(10-17(16)22-2)15(11-18(20)21)13-6-4-3-5-7-13/h3-11H,1-2H3,(H,20,21). The molecule has 23 heavy (non-hydrogen) atoms. The van der Waals surface area contributed by atoms with Gasteiger partial charge in [-0.05, 0) is 28.8 Å². The highest BCUT2D eigenvalue weighted by atomic mass is 16.6. The molecule has 118 valence electrons. The third-order valence-electron chi connectivity index (χ3n) is 3.08. The van der Waals surface area contributed by atoms with E-state index < -0.39 is 11.9 Å². The Morgan fingerprint density at radius 3 is 2.26 bits per heavy atom. The van der Waals surface area contributed by atoms with Crippen LogP contribution in [0.2, 0.25) is 0 Å². The Kier molecular flexibility index (Phi) is 5.15. The van der Waals surface area contributed by atoms with Crippen LogP contribution < -0.4 is 9.47 Å². The summed E-state index contributed by atoms with van der Waals surface area (Å²) in [6, 6.07) is 14.1. The summed E-state index contributed by atoms with van der Waals surface area (Å²) in [5.41, 5.74) is 1.94. The van der Waals surface area contributed by atoms with Crippen molar-refractivity contribution < 1.29 is 24.2 Å². The SMILES string of the molecule is COc1cc(C(=CC(=O)O)c2ccccc2)ccc1OC(C)=O. The van der Waals surface area contributed by atoms with E-state index in [2.05, 4.69) is 0 Å². The maximum absolute atomic E-state index is 11.1. The lowest BCUT2D eigenvalue weighted by Crippen LogP contribution is -2.03. The lowest BCUT2D eigenvalue weighted by molar-refractivity contribution is -0.132. The predicted molar refractivity (Wildman–Crippen MR) is 85.5 cm³/mol. The minimum atomic E-state index is -1.05. The molecule has 2 aromatic carbocycles. The molecule has 0 atom stereocenters. The summed E-state index contributed by atoms with van der Waals surface area (Å²) in [5.74, 6) is -0.872. The number of carbonyl (C=O) groups excluding carboxylic acids is 1. The van der Waals surface area contributed by atoms with Gasteiger partial charge in [-0.15, -0.1) is 0 Å². The lowest BCUT2D eigenvalue weighted by atomic mass is 9.97. The maximum atomic E-state index is 11.1. The molecule has 0 radical (unpaired) electrons. The zero-order valence-corrected chi connectivity index (χ0v) is 12.8. The van der Waals surface area contributed by atoms with Crippen LogP contribution >= 0.6 is 0 Å². The predicted octanol–water partition coefficient (Wildman–Crippen LogP) is 3.14. The molecule has 1 N–H and O–H groups in total. The fourth-order valence-corrected chi connectivity index (χ4v) is 2.15. The zero-order valence-electron chi connectivity index (χ0n) is 12.8. The van der Waals surface area contributed by atoms with Crippen molar-refractivity contribution in [1.82, 2.24) is 0 Å². The Hall–Kier alpha value is -3.08. The number of carbonyl (C=O) groups is 2. The Morgan fingerprint density at radius 1 is 1.00 bits per heavy atom. The highest BCUT2D eigenvalue weighted by molar-refractivity contribution is 5.95. The second-order valence-electron chi connectivity index (χ2n) is 4.72. The van der Waals surface area contributed by atoms with Gasteiger partial charge in [0.25, 0.3) is 0 Å². The van der Waals surface area contributed by atoms with Gasteiger partial charge in [0.05, 0.1) is 7.11 Å². The van der Waals surface area contributed by atoms with Crippen molar-refractivity contribution in [3.8, 4) is 11.5 Å². The first-order valence-electron chi connectivity index (χ1n) is 6.88. The minimum absolute atomic E-state index is 0.284. The molecule has 0 aromatic heterocycles. The molecule has 2 aromatic rings. The third-order valence-corrected chi connectivity index (χ3v) is 3.08. The van der Waals surface area contributed by atoms with E-state index in [1.165, 1.54) is 14.0 Å². The van der Waals surface area contributed by atoms with Gasteiger partial charge < -0.3 is 14.6 Å². The van der Waals surface area contributed by atoms with Crippen molar-refractivity contribution in [2.45, 2.75) is 6.92 Å². The number of rotatable bonds is 5. The number of carboxylic acid groups (broad SMARTS) is 1. The van der Waals surface area contributed by atoms with Crippen molar-refractivity contribution in [1.29, 1.82) is 0 Å². The molecule has 0 fully saturated rings. The van der Waals surface area contributed by atoms with Crippen LogP contribution in [0.1, 0.15) is 18.1 Å². The number of carboxylic acids is 1. The van der Waals surface area contributed by atoms with Gasteiger partial charge in [0, 0.05) is 13.0 Å². The van der Waals surface area contributed by atoms with E-state index in [1.54, 1.807) is 18.2 Å². The molecule has 0 aliphatic carbocycles. The van der Waals surface area contributed by atoms with Crippen molar-refractivity contribution >= 4 is 17.5 Å². The first-order valence-corrected chi connectivity index (χ1v) is 6.88. The van der Waals surface area contributed by atoms with E-state index in [0.29, 0.717) is 16.9 Å². The molecule has 0 saturated carbocycles. The fourth-order valence-electron chi connectivity index (χ4n) is 2.15. The number of aliphatic carboxylic acids is 1. The summed E-state index contributed by atoms with van der Waals surface area (Å²) in [6.45, 7) is 1.30. The van der Waals surface area contributed by atoms with Crippen molar-refractivity contribution in [2.24, 2.45) is 0 Å². The van der Waals surface area contributed by atoms with Gasteiger partial charge in [0.1, 0.15) is 0 Å². The van der Waals surface area contributed by atoms with Crippen LogP contribution in [0.3, 0.4) is 0 Å². The molecule has 0 saturated heterocycles. The van der Waals surface area contributed by atoms with E-state index in [1.807, 2.05) is 30.3 Å². The highest BCUT2D eigenvalue weighted by Gasteiger charge is 2.12. The normalized spacial score (nSPS) is 11.0. The molecular formula is C18H16O5. The van der Waals surface area contributed by atoms with Crippen LogP contribution in [0.5, 0.6) is 11.5 Å². The van der Waals surface area contributed by atoms with Gasteiger partial charge in [-0.3, -0.25) is 4.79 Å². The quantitative estimate of drug-likeness (QED) is 0.521. The average molecular weight is 312 g/mol. The molecule has 0 aliphatic rings. The Labute approximate surface area is 133 Å². The van der Waals surface area contributed by atoms with E-state index >= 15 is 0 Å². The molecule has 0 spiro atoms. The van der Waals surface area contributed by atoms with Crippen LogP contribution in [0.15, 0.2) is 54.6 Å². The Balaban J connectivity index is 2.52. The second-order valence-corrected chi connectivity index (χ2v) is 4.72. The van der Waals surface area contributed by atoms with Crippen molar-refractivity contribution in [3.63, 3.8) is 0 Å². The van der Waals surface area contributed by atoms with Gasteiger partial charge in [-0.1, -0.05) is 36.4 Å². The lowest BCUT2D eigenvalue weighted by Gasteiger charge is -2.12. The van der Waals surface area contributed by atoms with E-state index in [9.17, 15) is 9.59 Å². The topological polar surface area (TPSA) is 72.8 Å². The van der Waals surface area contributed by atoms with Gasteiger partial charge in [0.15, 0.2) is 11.5 Å². The van der Waals surface area contributed by atoms with Gasteiger partial charge >= 0.3 is 11.9 Å². The summed E-state index contributed by atoms with van der Waals surface area (Å²) in [4.78, 5) is 22.2. The molecule has 0 amide bonds. The molecule has 0 heterocycles. The Morgan fingerprint density at radius 2 is 1.70 bits per heavy atom. The van der Waals surface area contributed by atoms with Gasteiger partial charge in [0.2, 0.25) is 0 Å². The largest absolute Gasteiger partial charge is 0.493 e. The number of methoxy groups -OCH3 is 1. The maximum Gasteiger partial charge on any atom is 0.328 e. The van der Waals surface area contributed by atoms with Crippen LogP contribution in [0.25, 0.3) is 5.57 Å². The molecule has 0 aliphatic heterocycles. The van der Waals surface area contributed by atoms with E-state index in [0.717, 1.165) is 11.6 Å². The average Bonchev–Trinajstić information content (AvgIpc) is 2.53. The summed E-state index contributed by atoms with van der Waals surface area (Å²) in [5, 5.41) is 9.13. The number of esters is 1. The summed E-state index contributed by atoms with van der Waals surface area (Å²) < 4.78 is 10.3. The van der Waals surface area contributed by atoms with Gasteiger partial charge in [-0.25, -0.2) is 4.79 Å². The van der Waals surface area contributed by atoms with Crippen LogP contribution in [0.4, 0.5) is 0 Å². The molecule has 0 unspecified atom stereocenters. The summed E-state index contributed by atoms with van der Waals surface area (Å²) in [6.07, 6.45) is 1.13. The molecule has 0 bridgehead atoms.